The zero-order valence-electron chi connectivity index (χ0n) is 12.0. The molecular weight excluding hydrogens is 212 g/mol. The van der Waals surface area contributed by atoms with Crippen LogP contribution in [0.2, 0.25) is 0 Å². The van der Waals surface area contributed by atoms with E-state index >= 15 is 0 Å². The average Bonchev–Trinajstić information content (AvgIpc) is 2.80. The van der Waals surface area contributed by atoms with E-state index < -0.39 is 0 Å². The van der Waals surface area contributed by atoms with E-state index in [0.29, 0.717) is 12.0 Å². The van der Waals surface area contributed by atoms with Gasteiger partial charge in [0.1, 0.15) is 0 Å². The van der Waals surface area contributed by atoms with Crippen molar-refractivity contribution in [3.63, 3.8) is 0 Å². The Kier molecular flexibility index (Phi) is 7.09. The van der Waals surface area contributed by atoms with E-state index in [2.05, 4.69) is 37.9 Å². The van der Waals surface area contributed by atoms with Crippen LogP contribution < -0.4 is 5.32 Å². The van der Waals surface area contributed by atoms with E-state index in [1.54, 1.807) is 0 Å². The Bertz CT molecular complexity index is 191. The first-order valence-corrected chi connectivity index (χ1v) is 7.20. The van der Waals surface area contributed by atoms with Crippen LogP contribution in [-0.2, 0) is 4.74 Å². The van der Waals surface area contributed by atoms with Gasteiger partial charge in [0.05, 0.1) is 6.61 Å². The van der Waals surface area contributed by atoms with Crippen LogP contribution in [0.1, 0.15) is 34.1 Å². The largest absolute Gasteiger partial charge is 0.381 e. The number of nitrogens with zero attached hydrogens (tertiary/aromatic N) is 1. The highest BCUT2D eigenvalue weighted by Gasteiger charge is 2.26. The predicted molar refractivity (Wildman–Crippen MR) is 73.3 cm³/mol. The highest BCUT2D eigenvalue weighted by atomic mass is 16.5. The maximum absolute atomic E-state index is 5.52. The van der Waals surface area contributed by atoms with Crippen molar-refractivity contribution in [2.75, 3.05) is 39.4 Å². The maximum atomic E-state index is 5.52. The highest BCUT2D eigenvalue weighted by Crippen LogP contribution is 2.18. The molecule has 1 saturated heterocycles. The van der Waals surface area contributed by atoms with Gasteiger partial charge < -0.3 is 15.0 Å². The van der Waals surface area contributed by atoms with Gasteiger partial charge in [-0.25, -0.2) is 0 Å². The molecule has 0 aromatic heterocycles. The van der Waals surface area contributed by atoms with Crippen molar-refractivity contribution in [3.05, 3.63) is 0 Å². The normalized spacial score (nSPS) is 22.6. The Morgan fingerprint density at radius 3 is 2.53 bits per heavy atom. The molecule has 0 aromatic rings. The van der Waals surface area contributed by atoms with Crippen molar-refractivity contribution >= 4 is 0 Å². The minimum atomic E-state index is 0.598. The van der Waals surface area contributed by atoms with E-state index in [1.165, 1.54) is 13.0 Å². The van der Waals surface area contributed by atoms with Gasteiger partial charge in [-0.2, -0.15) is 0 Å². The van der Waals surface area contributed by atoms with Crippen LogP contribution in [-0.4, -0.2) is 50.3 Å². The minimum absolute atomic E-state index is 0.598. The fourth-order valence-electron chi connectivity index (χ4n) is 2.64. The molecule has 1 heterocycles. The third-order valence-electron chi connectivity index (χ3n) is 3.53. The molecule has 0 radical (unpaired) electrons. The summed E-state index contributed by atoms with van der Waals surface area (Å²) in [6.07, 6.45) is 1.22. The third-order valence-corrected chi connectivity index (χ3v) is 3.53. The van der Waals surface area contributed by atoms with E-state index in [9.17, 15) is 0 Å². The molecule has 0 spiro atoms. The zero-order chi connectivity index (χ0) is 12.7. The summed E-state index contributed by atoms with van der Waals surface area (Å²) in [5, 5.41) is 3.64. The van der Waals surface area contributed by atoms with Gasteiger partial charge in [-0.15, -0.1) is 0 Å². The first kappa shape index (κ1) is 14.9. The zero-order valence-corrected chi connectivity index (χ0v) is 12.0. The molecule has 1 N–H and O–H groups in total. The van der Waals surface area contributed by atoms with E-state index in [1.807, 2.05) is 0 Å². The lowest BCUT2D eigenvalue weighted by Gasteiger charge is -2.31. The Balaban J connectivity index is 2.45. The first-order chi connectivity index (χ1) is 8.17. The third kappa shape index (κ3) is 5.36. The number of ether oxygens (including phenoxy) is 1. The lowest BCUT2D eigenvalue weighted by Crippen LogP contribution is -2.46. The number of nitrogens with one attached hydrogen (secondary N) is 1. The lowest BCUT2D eigenvalue weighted by atomic mass is 9.98. The molecule has 17 heavy (non-hydrogen) atoms. The molecule has 1 aliphatic rings. The molecule has 1 rings (SSSR count). The van der Waals surface area contributed by atoms with Crippen LogP contribution in [0.3, 0.4) is 0 Å². The van der Waals surface area contributed by atoms with Crippen LogP contribution in [0.15, 0.2) is 0 Å². The summed E-state index contributed by atoms with van der Waals surface area (Å²) in [7, 11) is 0. The summed E-state index contributed by atoms with van der Waals surface area (Å²) in [5.74, 6) is 1.45. The molecule has 102 valence electrons. The fourth-order valence-corrected chi connectivity index (χ4v) is 2.64. The second-order valence-corrected chi connectivity index (χ2v) is 5.53. The van der Waals surface area contributed by atoms with Crippen LogP contribution >= 0.6 is 0 Å². The van der Waals surface area contributed by atoms with Gasteiger partial charge in [-0.3, -0.25) is 0 Å². The number of hydrogen-bond acceptors (Lipinski definition) is 3. The second kappa shape index (κ2) is 8.06. The molecule has 0 amide bonds. The summed E-state index contributed by atoms with van der Waals surface area (Å²) < 4.78 is 5.52. The van der Waals surface area contributed by atoms with Gasteiger partial charge >= 0.3 is 0 Å². The monoisotopic (exact) mass is 242 g/mol. The molecule has 2 unspecified atom stereocenters. The van der Waals surface area contributed by atoms with Crippen LogP contribution in [0.4, 0.5) is 0 Å². The van der Waals surface area contributed by atoms with E-state index in [0.717, 1.165) is 38.8 Å². The molecule has 1 aliphatic heterocycles. The Morgan fingerprint density at radius 2 is 2.06 bits per heavy atom. The summed E-state index contributed by atoms with van der Waals surface area (Å²) >= 11 is 0. The van der Waals surface area contributed by atoms with Crippen molar-refractivity contribution in [3.8, 4) is 0 Å². The Morgan fingerprint density at radius 1 is 1.29 bits per heavy atom. The van der Waals surface area contributed by atoms with E-state index in [4.69, 9.17) is 4.74 Å². The lowest BCUT2D eigenvalue weighted by molar-refractivity contribution is 0.158. The minimum Gasteiger partial charge on any atom is -0.381 e. The highest BCUT2D eigenvalue weighted by molar-refractivity contribution is 4.82. The SMILES string of the molecule is CCNC(CN(CC)CC(C)C)C1CCOC1. The molecular formula is C14H30N2O. The molecule has 0 aliphatic carbocycles. The number of rotatable bonds is 8. The van der Waals surface area contributed by atoms with Crippen LogP contribution in [0.5, 0.6) is 0 Å². The van der Waals surface area contributed by atoms with E-state index in [-0.39, 0.29) is 0 Å². The fraction of sp³-hybridized carbons (Fsp3) is 1.00. The van der Waals surface area contributed by atoms with Gasteiger partial charge in [0.15, 0.2) is 0 Å². The van der Waals surface area contributed by atoms with Crippen LogP contribution in [0.25, 0.3) is 0 Å². The molecule has 0 aromatic carbocycles. The van der Waals surface area contributed by atoms with Gasteiger partial charge in [0.2, 0.25) is 0 Å². The van der Waals surface area contributed by atoms with Crippen molar-refractivity contribution in [1.29, 1.82) is 0 Å². The van der Waals surface area contributed by atoms with Crippen molar-refractivity contribution in [1.82, 2.24) is 10.2 Å². The average molecular weight is 242 g/mol. The summed E-state index contributed by atoms with van der Waals surface area (Å²) in [6.45, 7) is 15.5. The van der Waals surface area contributed by atoms with Crippen molar-refractivity contribution < 1.29 is 4.74 Å². The smallest absolute Gasteiger partial charge is 0.0510 e. The molecule has 2 atom stereocenters. The molecule has 3 heteroatoms. The van der Waals surface area contributed by atoms with Gasteiger partial charge in [-0.05, 0) is 25.4 Å². The standard InChI is InChI=1S/C14H30N2O/c1-5-15-14(13-7-8-17-11-13)10-16(6-2)9-12(3)4/h12-15H,5-11H2,1-4H3. The van der Waals surface area contributed by atoms with Crippen molar-refractivity contribution in [2.45, 2.75) is 40.2 Å². The van der Waals surface area contributed by atoms with Crippen LogP contribution in [0, 0.1) is 11.8 Å². The first-order valence-electron chi connectivity index (χ1n) is 7.20. The summed E-state index contributed by atoms with van der Waals surface area (Å²) in [5.41, 5.74) is 0. The Hall–Kier alpha value is -0.120. The quantitative estimate of drug-likeness (QED) is 0.704. The van der Waals surface area contributed by atoms with Gasteiger partial charge in [0.25, 0.3) is 0 Å². The van der Waals surface area contributed by atoms with Crippen molar-refractivity contribution in [2.24, 2.45) is 11.8 Å². The van der Waals surface area contributed by atoms with Gasteiger partial charge in [-0.1, -0.05) is 27.7 Å². The topological polar surface area (TPSA) is 24.5 Å². The summed E-state index contributed by atoms with van der Waals surface area (Å²) in [4.78, 5) is 2.57. The van der Waals surface area contributed by atoms with Gasteiger partial charge in [0, 0.05) is 31.7 Å². The predicted octanol–water partition coefficient (Wildman–Crippen LogP) is 1.98. The second-order valence-electron chi connectivity index (χ2n) is 5.53. The number of hydrogen-bond donors (Lipinski definition) is 1. The molecule has 0 saturated carbocycles. The number of likely N-dealkylation sites (N-methyl/N-ethyl adjacent to an activating group) is 2. The Labute approximate surface area is 107 Å². The molecule has 0 bridgehead atoms. The molecule has 3 nitrogen and oxygen atoms in total. The molecule has 1 fully saturated rings. The maximum Gasteiger partial charge on any atom is 0.0510 e. The summed E-state index contributed by atoms with van der Waals surface area (Å²) in [6, 6.07) is 0.598.